The SMILES string of the molecule is COc1ccc2c(c1)N(S(=O)(=O)c1ccc3[nH]c(=O)[nH]c3c1)CC(C)C2. The van der Waals surface area contributed by atoms with Crippen molar-refractivity contribution in [2.75, 3.05) is 18.0 Å². The minimum atomic E-state index is -3.77. The highest BCUT2D eigenvalue weighted by Gasteiger charge is 2.32. The van der Waals surface area contributed by atoms with E-state index in [1.165, 1.54) is 16.4 Å². The van der Waals surface area contributed by atoms with Gasteiger partial charge in [-0.25, -0.2) is 13.2 Å². The van der Waals surface area contributed by atoms with E-state index in [0.29, 0.717) is 29.0 Å². The Hall–Kier alpha value is -2.74. The molecule has 0 bridgehead atoms. The number of ether oxygens (including phenoxy) is 1. The highest BCUT2D eigenvalue weighted by atomic mass is 32.2. The lowest BCUT2D eigenvalue weighted by Gasteiger charge is -2.34. The minimum absolute atomic E-state index is 0.142. The summed E-state index contributed by atoms with van der Waals surface area (Å²) in [6, 6.07) is 10.1. The van der Waals surface area contributed by atoms with Gasteiger partial charge in [0.05, 0.1) is 28.7 Å². The van der Waals surface area contributed by atoms with Gasteiger partial charge >= 0.3 is 5.69 Å². The number of H-pyrrole nitrogens is 2. The highest BCUT2D eigenvalue weighted by Crippen LogP contribution is 2.36. The Morgan fingerprint density at radius 1 is 1.12 bits per heavy atom. The van der Waals surface area contributed by atoms with Gasteiger partial charge in [-0.1, -0.05) is 13.0 Å². The third kappa shape index (κ3) is 2.66. The molecule has 1 aliphatic heterocycles. The monoisotopic (exact) mass is 373 g/mol. The maximum atomic E-state index is 13.3. The van der Waals surface area contributed by atoms with Crippen molar-refractivity contribution < 1.29 is 13.2 Å². The van der Waals surface area contributed by atoms with Crippen molar-refractivity contribution in [1.82, 2.24) is 9.97 Å². The summed E-state index contributed by atoms with van der Waals surface area (Å²) in [4.78, 5) is 16.8. The first kappa shape index (κ1) is 16.7. The van der Waals surface area contributed by atoms with Gasteiger partial charge in [-0.15, -0.1) is 0 Å². The summed E-state index contributed by atoms with van der Waals surface area (Å²) in [5.74, 6) is 0.811. The number of imidazole rings is 1. The molecule has 136 valence electrons. The normalized spacial score (nSPS) is 17.3. The number of nitrogens with one attached hydrogen (secondary N) is 2. The van der Waals surface area contributed by atoms with Crippen LogP contribution in [0.3, 0.4) is 0 Å². The molecule has 1 atom stereocenters. The number of aromatic amines is 2. The van der Waals surface area contributed by atoms with Gasteiger partial charge in [0, 0.05) is 12.6 Å². The molecule has 1 aliphatic rings. The van der Waals surface area contributed by atoms with Crippen LogP contribution in [0.4, 0.5) is 5.69 Å². The predicted octanol–water partition coefficient (Wildman–Crippen LogP) is 2.25. The third-order valence-corrected chi connectivity index (χ3v) is 6.46. The second kappa shape index (κ2) is 5.91. The first-order chi connectivity index (χ1) is 12.4. The van der Waals surface area contributed by atoms with Crippen LogP contribution in [0.2, 0.25) is 0 Å². The molecule has 2 heterocycles. The van der Waals surface area contributed by atoms with E-state index in [4.69, 9.17) is 4.74 Å². The van der Waals surface area contributed by atoms with Crippen molar-refractivity contribution in [3.05, 3.63) is 52.4 Å². The average Bonchev–Trinajstić information content (AvgIpc) is 2.99. The quantitative estimate of drug-likeness (QED) is 0.736. The van der Waals surface area contributed by atoms with Crippen molar-refractivity contribution in [3.63, 3.8) is 0 Å². The molecule has 8 heteroatoms. The maximum Gasteiger partial charge on any atom is 0.323 e. The van der Waals surface area contributed by atoms with E-state index >= 15 is 0 Å². The zero-order valence-corrected chi connectivity index (χ0v) is 15.3. The lowest BCUT2D eigenvalue weighted by Crippen LogP contribution is -2.39. The number of sulfonamides is 1. The molecule has 2 N–H and O–H groups in total. The molecule has 0 radical (unpaired) electrons. The molecule has 7 nitrogen and oxygen atoms in total. The van der Waals surface area contributed by atoms with Crippen molar-refractivity contribution in [2.24, 2.45) is 5.92 Å². The molecule has 0 amide bonds. The average molecular weight is 373 g/mol. The lowest BCUT2D eigenvalue weighted by molar-refractivity contribution is 0.414. The Kier molecular flexibility index (Phi) is 3.80. The van der Waals surface area contributed by atoms with Crippen LogP contribution in [0, 0.1) is 5.92 Å². The Morgan fingerprint density at radius 2 is 1.88 bits per heavy atom. The van der Waals surface area contributed by atoms with Gasteiger partial charge in [-0.2, -0.15) is 0 Å². The lowest BCUT2D eigenvalue weighted by atomic mass is 9.95. The Bertz CT molecular complexity index is 1150. The molecule has 1 aromatic heterocycles. The van der Waals surface area contributed by atoms with Crippen LogP contribution in [-0.4, -0.2) is 32.0 Å². The van der Waals surface area contributed by atoms with Crippen molar-refractivity contribution >= 4 is 26.7 Å². The number of benzene rings is 2. The molecule has 0 spiro atoms. The number of anilines is 1. The number of nitrogens with zero attached hydrogens (tertiary/aromatic N) is 1. The summed E-state index contributed by atoms with van der Waals surface area (Å²) in [6.07, 6.45) is 0.815. The largest absolute Gasteiger partial charge is 0.497 e. The van der Waals surface area contributed by atoms with Crippen LogP contribution >= 0.6 is 0 Å². The van der Waals surface area contributed by atoms with Gasteiger partial charge in [-0.05, 0) is 42.2 Å². The topological polar surface area (TPSA) is 95.3 Å². The van der Waals surface area contributed by atoms with Gasteiger partial charge in [0.1, 0.15) is 5.75 Å². The number of methoxy groups -OCH3 is 1. The highest BCUT2D eigenvalue weighted by molar-refractivity contribution is 7.92. The van der Waals surface area contributed by atoms with E-state index in [9.17, 15) is 13.2 Å². The first-order valence-corrected chi connectivity index (χ1v) is 9.74. The molecule has 26 heavy (non-hydrogen) atoms. The zero-order chi connectivity index (χ0) is 18.5. The Morgan fingerprint density at radius 3 is 2.65 bits per heavy atom. The maximum absolute atomic E-state index is 13.3. The first-order valence-electron chi connectivity index (χ1n) is 8.30. The molecule has 4 rings (SSSR count). The predicted molar refractivity (Wildman–Crippen MR) is 99.3 cm³/mol. The van der Waals surface area contributed by atoms with Crippen LogP contribution in [0.5, 0.6) is 5.75 Å². The van der Waals surface area contributed by atoms with Crippen LogP contribution in [0.1, 0.15) is 12.5 Å². The van der Waals surface area contributed by atoms with Crippen molar-refractivity contribution in [3.8, 4) is 5.75 Å². The summed E-state index contributed by atoms with van der Waals surface area (Å²) >= 11 is 0. The fraction of sp³-hybridized carbons (Fsp3) is 0.278. The molecular formula is C18H19N3O4S. The summed E-state index contributed by atoms with van der Waals surface area (Å²) in [6.45, 7) is 2.42. The molecular weight excluding hydrogens is 354 g/mol. The minimum Gasteiger partial charge on any atom is -0.497 e. The van der Waals surface area contributed by atoms with Crippen molar-refractivity contribution in [1.29, 1.82) is 0 Å². The summed E-state index contributed by atoms with van der Waals surface area (Å²) in [7, 11) is -2.22. The number of aromatic nitrogens is 2. The number of fused-ring (bicyclic) bond motifs is 2. The summed E-state index contributed by atoms with van der Waals surface area (Å²) < 4.78 is 33.4. The number of hydrogen-bond acceptors (Lipinski definition) is 4. The van der Waals surface area contributed by atoms with E-state index in [0.717, 1.165) is 12.0 Å². The van der Waals surface area contributed by atoms with Crippen LogP contribution in [0.25, 0.3) is 11.0 Å². The summed E-state index contributed by atoms with van der Waals surface area (Å²) in [5.41, 5.74) is 2.29. The molecule has 1 unspecified atom stereocenters. The standard InChI is InChI=1S/C18H19N3O4S/c1-11-7-12-3-4-13(25-2)8-17(12)21(10-11)26(23,24)14-5-6-15-16(9-14)20-18(22)19-15/h3-6,8-9,11H,7,10H2,1-2H3,(H2,19,20,22). The van der Waals surface area contributed by atoms with E-state index in [1.54, 1.807) is 19.2 Å². The van der Waals surface area contributed by atoms with E-state index in [1.807, 2.05) is 19.1 Å². The molecule has 2 aromatic carbocycles. The molecule has 0 aliphatic carbocycles. The van der Waals surface area contributed by atoms with Gasteiger partial charge < -0.3 is 14.7 Å². The van der Waals surface area contributed by atoms with Gasteiger partial charge in [0.2, 0.25) is 0 Å². The van der Waals surface area contributed by atoms with Gasteiger partial charge in [-0.3, -0.25) is 4.31 Å². The van der Waals surface area contributed by atoms with Gasteiger partial charge in [0.15, 0.2) is 0 Å². The fourth-order valence-corrected chi connectivity index (χ4v) is 5.06. The van der Waals surface area contributed by atoms with Crippen LogP contribution in [0.15, 0.2) is 46.1 Å². The second-order valence-corrected chi connectivity index (χ2v) is 8.49. The summed E-state index contributed by atoms with van der Waals surface area (Å²) in [5, 5.41) is 0. The molecule has 0 saturated heterocycles. The van der Waals surface area contributed by atoms with Crippen molar-refractivity contribution in [2.45, 2.75) is 18.2 Å². The third-order valence-electron chi connectivity index (χ3n) is 4.68. The van der Waals surface area contributed by atoms with E-state index in [-0.39, 0.29) is 16.5 Å². The molecule has 0 saturated carbocycles. The smallest absolute Gasteiger partial charge is 0.323 e. The van der Waals surface area contributed by atoms with Crippen LogP contribution in [-0.2, 0) is 16.4 Å². The second-order valence-electron chi connectivity index (χ2n) is 6.63. The molecule has 0 fully saturated rings. The van der Waals surface area contributed by atoms with E-state index < -0.39 is 10.0 Å². The van der Waals surface area contributed by atoms with Gasteiger partial charge in [0.25, 0.3) is 10.0 Å². The number of hydrogen-bond donors (Lipinski definition) is 2. The Balaban J connectivity index is 1.85. The Labute approximate surface area is 150 Å². The van der Waals surface area contributed by atoms with E-state index in [2.05, 4.69) is 9.97 Å². The molecule has 3 aromatic rings. The zero-order valence-electron chi connectivity index (χ0n) is 14.4. The fourth-order valence-electron chi connectivity index (χ4n) is 3.42. The van der Waals surface area contributed by atoms with Crippen LogP contribution < -0.4 is 14.7 Å². The number of rotatable bonds is 3.